The maximum atomic E-state index is 5.92. The highest BCUT2D eigenvalue weighted by Gasteiger charge is 2.13. The minimum Gasteiger partial charge on any atom is -0.489 e. The molecule has 0 atom stereocenters. The van der Waals surface area contributed by atoms with Crippen LogP contribution in [0.3, 0.4) is 0 Å². The van der Waals surface area contributed by atoms with Crippen molar-refractivity contribution in [2.24, 2.45) is 0 Å². The average molecular weight is 234 g/mol. The molecule has 0 radical (unpaired) electrons. The molecule has 0 bridgehead atoms. The maximum Gasteiger partial charge on any atom is 0.144 e. The minimum absolute atomic E-state index is 0.161. The highest BCUT2D eigenvalue weighted by atomic mass is 16.5. The highest BCUT2D eigenvalue weighted by Crippen LogP contribution is 2.29. The molecule has 94 valence electrons. The van der Waals surface area contributed by atoms with E-state index in [4.69, 9.17) is 10.5 Å². The largest absolute Gasteiger partial charge is 0.489 e. The number of rotatable bonds is 3. The smallest absolute Gasteiger partial charge is 0.144 e. The second kappa shape index (κ2) is 5.30. The molecule has 1 aromatic carbocycles. The van der Waals surface area contributed by atoms with E-state index in [-0.39, 0.29) is 6.10 Å². The number of hydrogen-bond donors (Lipinski definition) is 1. The fourth-order valence-corrected chi connectivity index (χ4v) is 2.23. The second-order valence-electron chi connectivity index (χ2n) is 4.94. The molecule has 1 aliphatic rings. The van der Waals surface area contributed by atoms with Crippen LogP contribution in [0, 0.1) is 0 Å². The van der Waals surface area contributed by atoms with Crippen LogP contribution in [-0.4, -0.2) is 19.2 Å². The lowest BCUT2D eigenvalue weighted by Crippen LogP contribution is -2.29. The Bertz CT molecular complexity index is 370. The molecule has 1 heterocycles. The van der Waals surface area contributed by atoms with Crippen molar-refractivity contribution in [2.45, 2.75) is 39.2 Å². The molecule has 17 heavy (non-hydrogen) atoms. The van der Waals surface area contributed by atoms with E-state index in [9.17, 15) is 0 Å². The SMILES string of the molecule is CC(C)Oc1cc(N2CCCCC2)ccc1N. The Morgan fingerprint density at radius 3 is 2.53 bits per heavy atom. The van der Waals surface area contributed by atoms with Crippen molar-refractivity contribution >= 4 is 11.4 Å². The summed E-state index contributed by atoms with van der Waals surface area (Å²) in [6.45, 7) is 6.33. The van der Waals surface area contributed by atoms with E-state index < -0.39 is 0 Å². The fraction of sp³-hybridized carbons (Fsp3) is 0.571. The standard InChI is InChI=1S/C14H22N2O/c1-11(2)17-14-10-12(6-7-13(14)15)16-8-4-3-5-9-16/h6-7,10-11H,3-5,8-9,15H2,1-2H3. The molecule has 0 aliphatic carbocycles. The minimum atomic E-state index is 0.161. The van der Waals surface area contributed by atoms with Gasteiger partial charge in [0.1, 0.15) is 5.75 Å². The molecular weight excluding hydrogens is 212 g/mol. The second-order valence-corrected chi connectivity index (χ2v) is 4.94. The van der Waals surface area contributed by atoms with Crippen LogP contribution in [0.5, 0.6) is 5.75 Å². The summed E-state index contributed by atoms with van der Waals surface area (Å²) < 4.78 is 5.72. The van der Waals surface area contributed by atoms with Crippen molar-refractivity contribution in [3.05, 3.63) is 18.2 Å². The molecule has 1 aliphatic heterocycles. The summed E-state index contributed by atoms with van der Waals surface area (Å²) in [4.78, 5) is 2.41. The summed E-state index contributed by atoms with van der Waals surface area (Å²) >= 11 is 0. The van der Waals surface area contributed by atoms with Crippen LogP contribution >= 0.6 is 0 Å². The number of nitrogen functional groups attached to an aromatic ring is 1. The van der Waals surface area contributed by atoms with Gasteiger partial charge in [0, 0.05) is 24.8 Å². The molecule has 2 rings (SSSR count). The van der Waals surface area contributed by atoms with Crippen LogP contribution in [0.4, 0.5) is 11.4 Å². The number of benzene rings is 1. The van der Waals surface area contributed by atoms with Gasteiger partial charge in [-0.2, -0.15) is 0 Å². The summed E-state index contributed by atoms with van der Waals surface area (Å²) in [6.07, 6.45) is 4.07. The van der Waals surface area contributed by atoms with Gasteiger partial charge in [0.25, 0.3) is 0 Å². The van der Waals surface area contributed by atoms with Crippen LogP contribution in [0.1, 0.15) is 33.1 Å². The normalized spacial score (nSPS) is 16.3. The van der Waals surface area contributed by atoms with Crippen molar-refractivity contribution in [3.63, 3.8) is 0 Å². The summed E-state index contributed by atoms with van der Waals surface area (Å²) in [7, 11) is 0. The quantitative estimate of drug-likeness (QED) is 0.817. The van der Waals surface area contributed by atoms with Crippen molar-refractivity contribution in [3.8, 4) is 5.75 Å². The van der Waals surface area contributed by atoms with Gasteiger partial charge in [0.2, 0.25) is 0 Å². The van der Waals surface area contributed by atoms with Gasteiger partial charge in [-0.3, -0.25) is 0 Å². The fourth-order valence-electron chi connectivity index (χ4n) is 2.23. The third kappa shape index (κ3) is 3.05. The Hall–Kier alpha value is -1.38. The first kappa shape index (κ1) is 12.1. The van der Waals surface area contributed by atoms with Crippen LogP contribution in [-0.2, 0) is 0 Å². The lowest BCUT2D eigenvalue weighted by molar-refractivity contribution is 0.244. The first-order valence-corrected chi connectivity index (χ1v) is 6.48. The van der Waals surface area contributed by atoms with E-state index in [1.54, 1.807) is 0 Å². The van der Waals surface area contributed by atoms with E-state index in [2.05, 4.69) is 17.0 Å². The zero-order chi connectivity index (χ0) is 12.3. The zero-order valence-corrected chi connectivity index (χ0v) is 10.8. The van der Waals surface area contributed by atoms with Crippen molar-refractivity contribution < 1.29 is 4.74 Å². The van der Waals surface area contributed by atoms with Crippen LogP contribution < -0.4 is 15.4 Å². The third-order valence-corrected chi connectivity index (χ3v) is 3.08. The van der Waals surface area contributed by atoms with Crippen molar-refractivity contribution in [2.75, 3.05) is 23.7 Å². The van der Waals surface area contributed by atoms with Gasteiger partial charge in [-0.15, -0.1) is 0 Å². The number of hydrogen-bond acceptors (Lipinski definition) is 3. The Labute approximate surface area is 104 Å². The van der Waals surface area contributed by atoms with E-state index in [0.29, 0.717) is 0 Å². The maximum absolute atomic E-state index is 5.92. The van der Waals surface area contributed by atoms with Gasteiger partial charge >= 0.3 is 0 Å². The molecule has 3 heteroatoms. The molecule has 0 saturated carbocycles. The molecule has 0 amide bonds. The molecular formula is C14H22N2O. The van der Waals surface area contributed by atoms with Crippen molar-refractivity contribution in [1.82, 2.24) is 0 Å². The van der Waals surface area contributed by atoms with Gasteiger partial charge in [0.15, 0.2) is 0 Å². The molecule has 0 spiro atoms. The Morgan fingerprint density at radius 2 is 1.88 bits per heavy atom. The monoisotopic (exact) mass is 234 g/mol. The Morgan fingerprint density at radius 1 is 1.18 bits per heavy atom. The van der Waals surface area contributed by atoms with Crippen LogP contribution in [0.25, 0.3) is 0 Å². The van der Waals surface area contributed by atoms with Gasteiger partial charge in [-0.05, 0) is 45.2 Å². The molecule has 1 aromatic rings. The first-order valence-electron chi connectivity index (χ1n) is 6.48. The number of piperidine rings is 1. The van der Waals surface area contributed by atoms with Crippen LogP contribution in [0.2, 0.25) is 0 Å². The number of nitrogens with zero attached hydrogens (tertiary/aromatic N) is 1. The van der Waals surface area contributed by atoms with Crippen molar-refractivity contribution in [1.29, 1.82) is 0 Å². The highest BCUT2D eigenvalue weighted by molar-refractivity contribution is 5.62. The van der Waals surface area contributed by atoms with Gasteiger partial charge in [0.05, 0.1) is 11.8 Å². The van der Waals surface area contributed by atoms with Gasteiger partial charge in [-0.25, -0.2) is 0 Å². The molecule has 2 N–H and O–H groups in total. The molecule has 3 nitrogen and oxygen atoms in total. The predicted molar refractivity (Wildman–Crippen MR) is 72.7 cm³/mol. The number of ether oxygens (including phenoxy) is 1. The number of nitrogens with two attached hydrogens (primary N) is 1. The summed E-state index contributed by atoms with van der Waals surface area (Å²) in [6, 6.07) is 6.11. The Balaban J connectivity index is 2.17. The van der Waals surface area contributed by atoms with E-state index in [1.165, 1.54) is 24.9 Å². The molecule has 0 unspecified atom stereocenters. The lowest BCUT2D eigenvalue weighted by Gasteiger charge is -2.29. The van der Waals surface area contributed by atoms with E-state index >= 15 is 0 Å². The first-order chi connectivity index (χ1) is 8.16. The van der Waals surface area contributed by atoms with Gasteiger partial charge < -0.3 is 15.4 Å². The molecule has 0 aromatic heterocycles. The molecule has 1 saturated heterocycles. The number of anilines is 2. The van der Waals surface area contributed by atoms with E-state index in [0.717, 1.165) is 24.5 Å². The predicted octanol–water partition coefficient (Wildman–Crippen LogP) is 3.05. The molecule has 1 fully saturated rings. The average Bonchev–Trinajstić information content (AvgIpc) is 2.32. The topological polar surface area (TPSA) is 38.5 Å². The zero-order valence-electron chi connectivity index (χ0n) is 10.8. The summed E-state index contributed by atoms with van der Waals surface area (Å²) in [5, 5.41) is 0. The summed E-state index contributed by atoms with van der Waals surface area (Å²) in [5.41, 5.74) is 7.88. The third-order valence-electron chi connectivity index (χ3n) is 3.08. The lowest BCUT2D eigenvalue weighted by atomic mass is 10.1. The summed E-state index contributed by atoms with van der Waals surface area (Å²) in [5.74, 6) is 0.808. The van der Waals surface area contributed by atoms with E-state index in [1.807, 2.05) is 19.9 Å². The Kier molecular flexibility index (Phi) is 3.77. The van der Waals surface area contributed by atoms with Crippen LogP contribution in [0.15, 0.2) is 18.2 Å². The van der Waals surface area contributed by atoms with Gasteiger partial charge in [-0.1, -0.05) is 0 Å².